The number of halogens is 1. The van der Waals surface area contributed by atoms with E-state index in [1.807, 2.05) is 0 Å². The number of rotatable bonds is 1. The molecule has 1 aromatic rings. The number of amides is 1. The minimum absolute atomic E-state index is 0. The van der Waals surface area contributed by atoms with E-state index in [2.05, 4.69) is 16.3 Å². The first kappa shape index (κ1) is 16.3. The summed E-state index contributed by atoms with van der Waals surface area (Å²) in [6, 6.07) is 3.11. The molecule has 3 nitrogen and oxygen atoms in total. The molecule has 122 valence electrons. The predicted molar refractivity (Wildman–Crippen MR) is 93.3 cm³/mol. The second-order valence-electron chi connectivity index (χ2n) is 6.71. The second-order valence-corrected chi connectivity index (χ2v) is 7.85. The average molecular weight is 341 g/mol. The van der Waals surface area contributed by atoms with Crippen molar-refractivity contribution >= 4 is 29.7 Å². The molecule has 3 aliphatic rings. The van der Waals surface area contributed by atoms with Crippen molar-refractivity contribution in [3.8, 4) is 0 Å². The molecule has 0 saturated carbocycles. The van der Waals surface area contributed by atoms with Crippen molar-refractivity contribution in [3.63, 3.8) is 0 Å². The van der Waals surface area contributed by atoms with E-state index < -0.39 is 0 Å². The van der Waals surface area contributed by atoms with Crippen LogP contribution in [0.15, 0.2) is 6.07 Å². The highest BCUT2D eigenvalue weighted by molar-refractivity contribution is 7.14. The lowest BCUT2D eigenvalue weighted by Gasteiger charge is -2.27. The first-order valence-corrected chi connectivity index (χ1v) is 9.29. The van der Waals surface area contributed by atoms with E-state index in [-0.39, 0.29) is 12.4 Å². The molecule has 0 radical (unpaired) electrons. The number of nitrogens with zero attached hydrogens (tertiary/aromatic N) is 1. The normalized spacial score (nSPS) is 27.5. The monoisotopic (exact) mass is 340 g/mol. The number of carbonyl (C=O) groups excluding carboxylic acids is 1. The number of aryl methyl sites for hydroxylation is 2. The Kier molecular flexibility index (Phi) is 5.10. The van der Waals surface area contributed by atoms with Gasteiger partial charge < -0.3 is 10.2 Å². The van der Waals surface area contributed by atoms with E-state index in [0.717, 1.165) is 24.4 Å². The summed E-state index contributed by atoms with van der Waals surface area (Å²) in [5.41, 5.74) is 1.46. The van der Waals surface area contributed by atoms with Gasteiger partial charge >= 0.3 is 0 Å². The number of hydrogen-bond acceptors (Lipinski definition) is 3. The van der Waals surface area contributed by atoms with Crippen LogP contribution < -0.4 is 5.32 Å². The van der Waals surface area contributed by atoms with Gasteiger partial charge in [-0.2, -0.15) is 0 Å². The Labute approximate surface area is 142 Å². The quantitative estimate of drug-likeness (QED) is 0.795. The molecule has 22 heavy (non-hydrogen) atoms. The molecule has 2 aliphatic heterocycles. The standard InChI is InChI=1S/C17H24N2OS.ClH/c20-17(19-13-6-7-14(19)11-18-9-8-13)16-10-12-4-2-1-3-5-15(12)21-16;/h10,13-14,18H,1-9,11H2;1H. The third kappa shape index (κ3) is 2.93. The third-order valence-corrected chi connectivity index (χ3v) is 6.57. The van der Waals surface area contributed by atoms with Gasteiger partial charge in [0.15, 0.2) is 0 Å². The van der Waals surface area contributed by atoms with Crippen LogP contribution in [0, 0.1) is 0 Å². The zero-order valence-corrected chi connectivity index (χ0v) is 14.6. The van der Waals surface area contributed by atoms with Crippen LogP contribution in [0.3, 0.4) is 0 Å². The Morgan fingerprint density at radius 3 is 2.86 bits per heavy atom. The van der Waals surface area contributed by atoms with Crippen LogP contribution >= 0.6 is 23.7 Å². The number of carbonyl (C=O) groups is 1. The van der Waals surface area contributed by atoms with Gasteiger partial charge in [-0.15, -0.1) is 23.7 Å². The van der Waals surface area contributed by atoms with E-state index in [4.69, 9.17) is 0 Å². The Morgan fingerprint density at radius 1 is 1.14 bits per heavy atom. The summed E-state index contributed by atoms with van der Waals surface area (Å²) in [4.78, 5) is 17.7. The molecular formula is C17H25ClN2OS. The van der Waals surface area contributed by atoms with Gasteiger partial charge in [0.1, 0.15) is 0 Å². The highest BCUT2D eigenvalue weighted by Gasteiger charge is 2.38. The van der Waals surface area contributed by atoms with E-state index in [0.29, 0.717) is 18.0 Å². The summed E-state index contributed by atoms with van der Waals surface area (Å²) in [7, 11) is 0. The molecule has 0 spiro atoms. The van der Waals surface area contributed by atoms with Crippen LogP contribution in [-0.4, -0.2) is 36.0 Å². The van der Waals surface area contributed by atoms with Gasteiger partial charge in [-0.25, -0.2) is 0 Å². The third-order valence-electron chi connectivity index (χ3n) is 5.35. The van der Waals surface area contributed by atoms with Gasteiger partial charge in [-0.05, 0) is 63.1 Å². The first-order chi connectivity index (χ1) is 10.3. The Morgan fingerprint density at radius 2 is 1.95 bits per heavy atom. The SMILES string of the molecule is Cl.O=C(c1cc2c(s1)CCCCC2)N1C2CCNCC1CC2. The molecule has 5 heteroatoms. The lowest BCUT2D eigenvalue weighted by atomic mass is 10.1. The molecule has 0 aromatic carbocycles. The van der Waals surface area contributed by atoms with Crippen molar-refractivity contribution in [2.75, 3.05) is 13.1 Å². The largest absolute Gasteiger partial charge is 0.331 e. The summed E-state index contributed by atoms with van der Waals surface area (Å²) in [6.45, 7) is 2.04. The maximum atomic E-state index is 13.0. The van der Waals surface area contributed by atoms with Crippen LogP contribution in [0.4, 0.5) is 0 Å². The number of thiophene rings is 1. The van der Waals surface area contributed by atoms with Crippen molar-refractivity contribution in [2.24, 2.45) is 0 Å². The summed E-state index contributed by atoms with van der Waals surface area (Å²) >= 11 is 1.78. The number of nitrogens with one attached hydrogen (secondary N) is 1. The predicted octanol–water partition coefficient (Wildman–Crippen LogP) is 3.41. The summed E-state index contributed by atoms with van der Waals surface area (Å²) < 4.78 is 0. The minimum Gasteiger partial charge on any atom is -0.331 e. The van der Waals surface area contributed by atoms with Crippen LogP contribution in [-0.2, 0) is 12.8 Å². The van der Waals surface area contributed by atoms with Crippen molar-refractivity contribution in [1.29, 1.82) is 0 Å². The molecule has 1 aromatic heterocycles. The molecule has 2 atom stereocenters. The maximum Gasteiger partial charge on any atom is 0.264 e. The molecule has 2 saturated heterocycles. The second kappa shape index (κ2) is 6.90. The molecule has 2 fully saturated rings. The van der Waals surface area contributed by atoms with E-state index in [1.54, 1.807) is 11.3 Å². The molecule has 1 N–H and O–H groups in total. The lowest BCUT2D eigenvalue weighted by molar-refractivity contribution is 0.0685. The molecule has 1 aliphatic carbocycles. The fraction of sp³-hybridized carbons (Fsp3) is 0.706. The van der Waals surface area contributed by atoms with E-state index in [1.165, 1.54) is 55.4 Å². The molecule has 1 amide bonds. The lowest BCUT2D eigenvalue weighted by Crippen LogP contribution is -2.42. The van der Waals surface area contributed by atoms with E-state index >= 15 is 0 Å². The highest BCUT2D eigenvalue weighted by atomic mass is 35.5. The molecule has 3 heterocycles. The van der Waals surface area contributed by atoms with Crippen molar-refractivity contribution < 1.29 is 4.79 Å². The summed E-state index contributed by atoms with van der Waals surface area (Å²) in [5.74, 6) is 0.310. The number of hydrogen-bond donors (Lipinski definition) is 1. The molecule has 2 unspecified atom stereocenters. The molecule has 2 bridgehead atoms. The van der Waals surface area contributed by atoms with Crippen molar-refractivity contribution in [3.05, 3.63) is 21.4 Å². The summed E-state index contributed by atoms with van der Waals surface area (Å²) in [6.07, 6.45) is 9.77. The first-order valence-electron chi connectivity index (χ1n) is 8.48. The van der Waals surface area contributed by atoms with Gasteiger partial charge in [0, 0.05) is 23.5 Å². The van der Waals surface area contributed by atoms with Crippen LogP contribution in [0.5, 0.6) is 0 Å². The average Bonchev–Trinajstić information content (AvgIpc) is 2.90. The van der Waals surface area contributed by atoms with Gasteiger partial charge in [-0.3, -0.25) is 4.79 Å². The van der Waals surface area contributed by atoms with Crippen LogP contribution in [0.1, 0.15) is 58.6 Å². The summed E-state index contributed by atoms with van der Waals surface area (Å²) in [5, 5.41) is 3.48. The highest BCUT2D eigenvalue weighted by Crippen LogP contribution is 2.34. The zero-order chi connectivity index (χ0) is 14.2. The smallest absolute Gasteiger partial charge is 0.264 e. The maximum absolute atomic E-state index is 13.0. The van der Waals surface area contributed by atoms with Gasteiger partial charge in [0.05, 0.1) is 4.88 Å². The van der Waals surface area contributed by atoms with Crippen molar-refractivity contribution in [2.45, 2.75) is 63.5 Å². The van der Waals surface area contributed by atoms with E-state index in [9.17, 15) is 4.79 Å². The zero-order valence-electron chi connectivity index (χ0n) is 13.0. The number of fused-ring (bicyclic) bond motifs is 3. The Hall–Kier alpha value is -0.580. The fourth-order valence-electron chi connectivity index (χ4n) is 4.21. The van der Waals surface area contributed by atoms with Crippen LogP contribution in [0.2, 0.25) is 0 Å². The van der Waals surface area contributed by atoms with Crippen molar-refractivity contribution in [1.82, 2.24) is 10.2 Å². The molecular weight excluding hydrogens is 316 g/mol. The topological polar surface area (TPSA) is 32.3 Å². The van der Waals surface area contributed by atoms with Gasteiger partial charge in [-0.1, -0.05) is 6.42 Å². The minimum atomic E-state index is 0. The van der Waals surface area contributed by atoms with Gasteiger partial charge in [0.25, 0.3) is 5.91 Å². The molecule has 4 rings (SSSR count). The van der Waals surface area contributed by atoms with Gasteiger partial charge in [0.2, 0.25) is 0 Å². The van der Waals surface area contributed by atoms with Crippen LogP contribution in [0.25, 0.3) is 0 Å². The Bertz CT molecular complexity index is 507. The Balaban J connectivity index is 0.00000144. The fourth-order valence-corrected chi connectivity index (χ4v) is 5.41.